The Morgan fingerprint density at radius 2 is 1.04 bits per heavy atom. The van der Waals surface area contributed by atoms with Crippen molar-refractivity contribution < 1.29 is 37.6 Å². The van der Waals surface area contributed by atoms with E-state index in [1.165, 1.54) is 64.2 Å². The maximum Gasteiger partial charge on any atom is 0.472 e. The number of phosphoric acid groups is 1. The molecule has 3 N–H and O–H groups in total. The Morgan fingerprint density at radius 3 is 1.55 bits per heavy atom. The normalized spacial score (nSPS) is 14.0. The van der Waals surface area contributed by atoms with Crippen molar-refractivity contribution in [2.75, 3.05) is 26.4 Å². The molecule has 0 aromatic rings. The van der Waals surface area contributed by atoms with Gasteiger partial charge in [0.25, 0.3) is 0 Å². The van der Waals surface area contributed by atoms with E-state index in [0.29, 0.717) is 6.42 Å². The van der Waals surface area contributed by atoms with Crippen LogP contribution < -0.4 is 5.73 Å². The zero-order valence-electron chi connectivity index (χ0n) is 33.5. The number of allylic oxidation sites excluding steroid dienone is 10. The lowest BCUT2D eigenvalue weighted by atomic mass is 10.0. The molecule has 0 fully saturated rings. The van der Waals surface area contributed by atoms with Crippen LogP contribution in [-0.4, -0.2) is 49.3 Å². The van der Waals surface area contributed by atoms with Crippen molar-refractivity contribution in [2.45, 2.75) is 174 Å². The molecule has 0 saturated carbocycles. The van der Waals surface area contributed by atoms with Gasteiger partial charge < -0.3 is 20.1 Å². The van der Waals surface area contributed by atoms with Crippen LogP contribution in [0.3, 0.4) is 0 Å². The van der Waals surface area contributed by atoms with Gasteiger partial charge in [-0.05, 0) is 57.8 Å². The molecule has 0 saturated heterocycles. The highest BCUT2D eigenvalue weighted by Gasteiger charge is 2.25. The number of hydrogen-bond acceptors (Lipinski definition) is 8. The lowest BCUT2D eigenvalue weighted by Gasteiger charge is -2.19. The number of carbonyl (C=O) groups is 2. The lowest BCUT2D eigenvalue weighted by Crippen LogP contribution is -2.29. The van der Waals surface area contributed by atoms with Crippen molar-refractivity contribution in [1.29, 1.82) is 0 Å². The minimum absolute atomic E-state index is 0.0458. The van der Waals surface area contributed by atoms with Crippen LogP contribution in [0.2, 0.25) is 0 Å². The summed E-state index contributed by atoms with van der Waals surface area (Å²) >= 11 is 0. The third-order valence-corrected chi connectivity index (χ3v) is 9.40. The second kappa shape index (κ2) is 39.4. The van der Waals surface area contributed by atoms with Crippen LogP contribution in [0.15, 0.2) is 60.8 Å². The highest BCUT2D eigenvalue weighted by molar-refractivity contribution is 7.47. The first-order valence-electron chi connectivity index (χ1n) is 20.8. The fourth-order valence-corrected chi connectivity index (χ4v) is 6.13. The number of carbonyl (C=O) groups excluding carboxylic acids is 2. The summed E-state index contributed by atoms with van der Waals surface area (Å²) in [5, 5.41) is 0. The van der Waals surface area contributed by atoms with E-state index in [2.05, 4.69) is 74.6 Å². The molecule has 0 aliphatic heterocycles. The van der Waals surface area contributed by atoms with Crippen molar-refractivity contribution in [3.05, 3.63) is 60.8 Å². The number of esters is 2. The third-order valence-electron chi connectivity index (χ3n) is 8.42. The van der Waals surface area contributed by atoms with Crippen LogP contribution in [-0.2, 0) is 32.7 Å². The average molecular weight is 766 g/mol. The van der Waals surface area contributed by atoms with Gasteiger partial charge in [0.1, 0.15) is 6.61 Å². The molecular weight excluding hydrogens is 689 g/mol. The number of unbranched alkanes of at least 4 members (excludes halogenated alkanes) is 15. The Hall–Kier alpha value is -2.29. The number of nitrogens with two attached hydrogens (primary N) is 1. The Balaban J connectivity index is 4.25. The zero-order valence-corrected chi connectivity index (χ0v) is 34.4. The molecule has 0 spiro atoms. The van der Waals surface area contributed by atoms with Crippen molar-refractivity contribution in [2.24, 2.45) is 5.73 Å². The summed E-state index contributed by atoms with van der Waals surface area (Å²) in [6.07, 6.45) is 45.3. The topological polar surface area (TPSA) is 134 Å². The Bertz CT molecular complexity index is 1050. The second-order valence-corrected chi connectivity index (χ2v) is 14.9. The van der Waals surface area contributed by atoms with E-state index >= 15 is 0 Å². The summed E-state index contributed by atoms with van der Waals surface area (Å²) in [5.41, 5.74) is 5.34. The van der Waals surface area contributed by atoms with Crippen molar-refractivity contribution in [3.8, 4) is 0 Å². The molecule has 10 heteroatoms. The summed E-state index contributed by atoms with van der Waals surface area (Å²) < 4.78 is 32.7. The van der Waals surface area contributed by atoms with Crippen LogP contribution in [0.1, 0.15) is 168 Å². The number of ether oxygens (including phenoxy) is 2. The minimum Gasteiger partial charge on any atom is -0.462 e. The predicted octanol–water partition coefficient (Wildman–Crippen LogP) is 11.7. The number of rotatable bonds is 38. The van der Waals surface area contributed by atoms with E-state index in [4.69, 9.17) is 24.3 Å². The van der Waals surface area contributed by atoms with Gasteiger partial charge in [-0.2, -0.15) is 0 Å². The first kappa shape index (κ1) is 50.7. The molecule has 0 heterocycles. The van der Waals surface area contributed by atoms with E-state index < -0.39 is 32.5 Å². The van der Waals surface area contributed by atoms with Crippen molar-refractivity contribution in [1.82, 2.24) is 0 Å². The first-order chi connectivity index (χ1) is 25.8. The molecule has 0 radical (unpaired) electrons. The van der Waals surface area contributed by atoms with E-state index in [1.54, 1.807) is 0 Å². The highest BCUT2D eigenvalue weighted by Crippen LogP contribution is 2.43. The first-order valence-corrected chi connectivity index (χ1v) is 22.3. The van der Waals surface area contributed by atoms with Gasteiger partial charge in [-0.15, -0.1) is 0 Å². The molecule has 0 aromatic carbocycles. The van der Waals surface area contributed by atoms with E-state index in [0.717, 1.165) is 70.6 Å². The zero-order chi connectivity index (χ0) is 38.9. The lowest BCUT2D eigenvalue weighted by molar-refractivity contribution is -0.161. The number of phosphoric ester groups is 1. The summed E-state index contributed by atoms with van der Waals surface area (Å²) in [6, 6.07) is 0. The van der Waals surface area contributed by atoms with Gasteiger partial charge in [0.15, 0.2) is 6.10 Å². The Morgan fingerprint density at radius 1 is 0.585 bits per heavy atom. The summed E-state index contributed by atoms with van der Waals surface area (Å²) in [4.78, 5) is 34.8. The van der Waals surface area contributed by atoms with E-state index in [9.17, 15) is 19.0 Å². The van der Waals surface area contributed by atoms with Crippen molar-refractivity contribution in [3.63, 3.8) is 0 Å². The van der Waals surface area contributed by atoms with Gasteiger partial charge in [0.2, 0.25) is 0 Å². The Labute approximate surface area is 323 Å². The average Bonchev–Trinajstić information content (AvgIpc) is 3.14. The molecule has 1 unspecified atom stereocenters. The maximum absolute atomic E-state index is 12.6. The van der Waals surface area contributed by atoms with Gasteiger partial charge in [-0.25, -0.2) is 4.57 Å². The van der Waals surface area contributed by atoms with Gasteiger partial charge in [0.05, 0.1) is 13.2 Å². The van der Waals surface area contributed by atoms with Gasteiger partial charge in [0, 0.05) is 19.4 Å². The maximum atomic E-state index is 12.6. The molecule has 0 rings (SSSR count). The summed E-state index contributed by atoms with van der Waals surface area (Å²) in [7, 11) is -4.38. The fraction of sp³-hybridized carbons (Fsp3) is 0.721. The standard InChI is InChI=1S/C43H76NO8P/c1-3-5-7-9-11-13-15-17-18-19-20-21-22-24-26-28-30-32-34-36-43(46)52-41(40-51-53(47,48)50-38-37-44)39-49-42(45)35-33-31-29-27-25-23-16-14-12-10-8-6-4-2/h5,7,11,13,17-18,20-21,24,26,41H,3-4,6,8-10,12,14-16,19,22-23,25,27-40,44H2,1-2H3,(H,47,48)/t41-/m1/s1. The molecule has 0 aliphatic rings. The molecule has 9 nitrogen and oxygen atoms in total. The molecule has 306 valence electrons. The van der Waals surface area contributed by atoms with Crippen LogP contribution in [0.25, 0.3) is 0 Å². The summed E-state index contributed by atoms with van der Waals surface area (Å²) in [6.45, 7) is 3.57. The number of hydrogen-bond donors (Lipinski definition) is 2. The monoisotopic (exact) mass is 766 g/mol. The van der Waals surface area contributed by atoms with Gasteiger partial charge in [-0.1, -0.05) is 158 Å². The highest BCUT2D eigenvalue weighted by atomic mass is 31.2. The van der Waals surface area contributed by atoms with Crippen LogP contribution in [0.4, 0.5) is 0 Å². The van der Waals surface area contributed by atoms with E-state index in [-0.39, 0.29) is 32.6 Å². The van der Waals surface area contributed by atoms with Gasteiger partial charge in [-0.3, -0.25) is 18.6 Å². The molecule has 0 aromatic heterocycles. The Kier molecular flexibility index (Phi) is 37.7. The molecular formula is C43H76NO8P. The smallest absolute Gasteiger partial charge is 0.462 e. The molecule has 0 bridgehead atoms. The van der Waals surface area contributed by atoms with Crippen LogP contribution in [0.5, 0.6) is 0 Å². The molecule has 0 aliphatic carbocycles. The van der Waals surface area contributed by atoms with E-state index in [1.807, 2.05) is 0 Å². The predicted molar refractivity (Wildman–Crippen MR) is 219 cm³/mol. The van der Waals surface area contributed by atoms with Crippen LogP contribution in [0, 0.1) is 0 Å². The summed E-state index contributed by atoms with van der Waals surface area (Å²) in [5.74, 6) is -0.868. The SMILES string of the molecule is CCC=CCC=CCC=CCC=CCC=CCCCCCC(=O)O[C@H](COC(=O)CCCCCCCCCCCCCCC)COP(=O)(O)OCCN. The largest absolute Gasteiger partial charge is 0.472 e. The minimum atomic E-state index is -4.38. The third kappa shape index (κ3) is 39.2. The second-order valence-electron chi connectivity index (χ2n) is 13.5. The van der Waals surface area contributed by atoms with Crippen LogP contribution >= 0.6 is 7.82 Å². The molecule has 0 amide bonds. The fourth-order valence-electron chi connectivity index (χ4n) is 5.37. The van der Waals surface area contributed by atoms with Crippen molar-refractivity contribution >= 4 is 19.8 Å². The molecule has 2 atom stereocenters. The molecule has 53 heavy (non-hydrogen) atoms. The van der Waals surface area contributed by atoms with Gasteiger partial charge >= 0.3 is 19.8 Å². The quantitative estimate of drug-likeness (QED) is 0.0272.